The van der Waals surface area contributed by atoms with E-state index in [2.05, 4.69) is 10.6 Å². The minimum Gasteiger partial charge on any atom is -0.447 e. The summed E-state index contributed by atoms with van der Waals surface area (Å²) in [6, 6.07) is 0.254. The first-order valence-electron chi connectivity index (χ1n) is 7.43. The van der Waals surface area contributed by atoms with Gasteiger partial charge in [0.1, 0.15) is 6.17 Å². The van der Waals surface area contributed by atoms with Gasteiger partial charge in [-0.05, 0) is 46.6 Å². The number of amides is 1. The van der Waals surface area contributed by atoms with Gasteiger partial charge in [0, 0.05) is 17.7 Å². The Kier molecular flexibility index (Phi) is 5.72. The number of carbonyl (C=O) groups excluding carboxylic acids is 1. The van der Waals surface area contributed by atoms with Gasteiger partial charge in [0.05, 0.1) is 11.1 Å². The summed E-state index contributed by atoms with van der Waals surface area (Å²) >= 11 is 1.88. The summed E-state index contributed by atoms with van der Waals surface area (Å²) in [7, 11) is 1.96. The second kappa shape index (κ2) is 7.31. The fourth-order valence-electron chi connectivity index (χ4n) is 2.66. The number of alkyl carbamates (subject to hydrolysis) is 1. The van der Waals surface area contributed by atoms with E-state index in [1.165, 1.54) is 5.04 Å². The summed E-state index contributed by atoms with van der Waals surface area (Å²) in [4.78, 5) is 16.3. The van der Waals surface area contributed by atoms with E-state index in [4.69, 9.17) is 9.73 Å². The first-order valence-corrected chi connectivity index (χ1v) is 8.42. The maximum absolute atomic E-state index is 11.6. The van der Waals surface area contributed by atoms with Crippen LogP contribution in [-0.2, 0) is 4.74 Å². The van der Waals surface area contributed by atoms with E-state index in [1.807, 2.05) is 32.7 Å². The monoisotopic (exact) mass is 299 g/mol. The van der Waals surface area contributed by atoms with Crippen LogP contribution in [0.25, 0.3) is 0 Å². The third kappa shape index (κ3) is 4.38. The van der Waals surface area contributed by atoms with Crippen molar-refractivity contribution in [2.45, 2.75) is 57.8 Å². The Morgan fingerprint density at radius 1 is 1.35 bits per heavy atom. The Morgan fingerprint density at radius 3 is 2.60 bits per heavy atom. The molecule has 2 aliphatic rings. The lowest BCUT2D eigenvalue weighted by molar-refractivity contribution is 0.109. The summed E-state index contributed by atoms with van der Waals surface area (Å²) in [5.41, 5.74) is 0. The van der Waals surface area contributed by atoms with E-state index in [0.717, 1.165) is 31.4 Å². The fourth-order valence-corrected chi connectivity index (χ4v) is 3.91. The zero-order valence-electron chi connectivity index (χ0n) is 12.5. The summed E-state index contributed by atoms with van der Waals surface area (Å²) in [5, 5.41) is 7.46. The number of aliphatic imine (C=N–C) groups is 1. The van der Waals surface area contributed by atoms with Crippen LogP contribution in [0.1, 0.15) is 39.5 Å². The highest BCUT2D eigenvalue weighted by Gasteiger charge is 2.29. The van der Waals surface area contributed by atoms with Crippen LogP contribution in [-0.4, -0.2) is 42.2 Å². The van der Waals surface area contributed by atoms with Crippen LogP contribution in [0.3, 0.4) is 0 Å². The first-order chi connectivity index (χ1) is 9.58. The van der Waals surface area contributed by atoms with Crippen LogP contribution in [0.15, 0.2) is 4.99 Å². The fraction of sp³-hybridized carbons (Fsp3) is 0.857. The van der Waals surface area contributed by atoms with Crippen molar-refractivity contribution in [1.82, 2.24) is 10.6 Å². The molecule has 2 N–H and O–H groups in total. The predicted octanol–water partition coefficient (Wildman–Crippen LogP) is 2.37. The van der Waals surface area contributed by atoms with Gasteiger partial charge in [-0.25, -0.2) is 4.79 Å². The SMILES string of the molecule is CNC1CSC(C2CCC(NC(=O)OC(C)C)CC2)=N1. The lowest BCUT2D eigenvalue weighted by atomic mass is 9.86. The van der Waals surface area contributed by atoms with Crippen molar-refractivity contribution in [1.29, 1.82) is 0 Å². The predicted molar refractivity (Wildman–Crippen MR) is 83.2 cm³/mol. The van der Waals surface area contributed by atoms with E-state index in [0.29, 0.717) is 5.92 Å². The molecule has 1 fully saturated rings. The van der Waals surface area contributed by atoms with Gasteiger partial charge in [0.25, 0.3) is 0 Å². The molecule has 1 aliphatic carbocycles. The van der Waals surface area contributed by atoms with Gasteiger partial charge < -0.3 is 10.1 Å². The van der Waals surface area contributed by atoms with Crippen molar-refractivity contribution < 1.29 is 9.53 Å². The minimum absolute atomic E-state index is 0.0611. The molecule has 0 bridgehead atoms. The van der Waals surface area contributed by atoms with Gasteiger partial charge in [-0.3, -0.25) is 10.3 Å². The lowest BCUT2D eigenvalue weighted by Gasteiger charge is -2.28. The van der Waals surface area contributed by atoms with Crippen LogP contribution < -0.4 is 10.6 Å². The summed E-state index contributed by atoms with van der Waals surface area (Å²) in [6.45, 7) is 3.73. The Morgan fingerprint density at radius 2 is 2.05 bits per heavy atom. The molecular weight excluding hydrogens is 274 g/mol. The van der Waals surface area contributed by atoms with Crippen molar-refractivity contribution in [3.63, 3.8) is 0 Å². The number of rotatable bonds is 4. The minimum atomic E-state index is -0.286. The molecule has 0 spiro atoms. The van der Waals surface area contributed by atoms with Crippen LogP contribution >= 0.6 is 11.8 Å². The molecule has 1 saturated carbocycles. The maximum atomic E-state index is 11.6. The highest BCUT2D eigenvalue weighted by Crippen LogP contribution is 2.32. The molecule has 2 rings (SSSR count). The summed E-state index contributed by atoms with van der Waals surface area (Å²) in [5.74, 6) is 1.63. The average Bonchev–Trinajstić information content (AvgIpc) is 2.87. The molecule has 0 aromatic heterocycles. The van der Waals surface area contributed by atoms with Crippen LogP contribution in [0, 0.1) is 5.92 Å². The Bertz CT molecular complexity index is 365. The van der Waals surface area contributed by atoms with Crippen molar-refractivity contribution in [2.24, 2.45) is 10.9 Å². The van der Waals surface area contributed by atoms with Crippen LogP contribution in [0.5, 0.6) is 0 Å². The molecule has 1 atom stereocenters. The summed E-state index contributed by atoms with van der Waals surface area (Å²) in [6.07, 6.45) is 4.18. The van der Waals surface area contributed by atoms with Gasteiger partial charge in [-0.15, -0.1) is 11.8 Å². The Labute approximate surface area is 125 Å². The molecule has 114 valence electrons. The molecule has 5 nitrogen and oxygen atoms in total. The number of carbonyl (C=O) groups is 1. The lowest BCUT2D eigenvalue weighted by Crippen LogP contribution is -2.39. The average molecular weight is 299 g/mol. The van der Waals surface area contributed by atoms with E-state index >= 15 is 0 Å². The van der Waals surface area contributed by atoms with Crippen molar-refractivity contribution in [2.75, 3.05) is 12.8 Å². The molecule has 1 unspecified atom stereocenters. The van der Waals surface area contributed by atoms with Gasteiger partial charge in [-0.2, -0.15) is 0 Å². The zero-order chi connectivity index (χ0) is 14.5. The molecule has 1 heterocycles. The third-order valence-corrected chi connectivity index (χ3v) is 4.96. The normalized spacial score (nSPS) is 30.2. The summed E-state index contributed by atoms with van der Waals surface area (Å²) < 4.78 is 5.12. The number of ether oxygens (including phenoxy) is 1. The van der Waals surface area contributed by atoms with E-state index < -0.39 is 0 Å². The second-order valence-corrected chi connectivity index (χ2v) is 6.77. The number of thioether (sulfide) groups is 1. The highest BCUT2D eigenvalue weighted by molar-refractivity contribution is 8.14. The van der Waals surface area contributed by atoms with Crippen LogP contribution in [0.4, 0.5) is 4.79 Å². The van der Waals surface area contributed by atoms with Crippen molar-refractivity contribution in [3.8, 4) is 0 Å². The number of hydrogen-bond acceptors (Lipinski definition) is 5. The number of nitrogens with one attached hydrogen (secondary N) is 2. The zero-order valence-corrected chi connectivity index (χ0v) is 13.3. The molecule has 0 saturated heterocycles. The molecule has 0 radical (unpaired) electrons. The Balaban J connectivity index is 1.74. The molecule has 20 heavy (non-hydrogen) atoms. The van der Waals surface area contributed by atoms with Gasteiger partial charge in [0.2, 0.25) is 0 Å². The van der Waals surface area contributed by atoms with Crippen molar-refractivity contribution in [3.05, 3.63) is 0 Å². The van der Waals surface area contributed by atoms with Gasteiger partial charge >= 0.3 is 6.09 Å². The van der Waals surface area contributed by atoms with E-state index in [9.17, 15) is 4.79 Å². The second-order valence-electron chi connectivity index (χ2n) is 5.73. The van der Waals surface area contributed by atoms with E-state index in [-0.39, 0.29) is 24.4 Å². The third-order valence-electron chi connectivity index (χ3n) is 3.75. The highest BCUT2D eigenvalue weighted by atomic mass is 32.2. The van der Waals surface area contributed by atoms with Gasteiger partial charge in [-0.1, -0.05) is 0 Å². The Hall–Kier alpha value is -0.750. The molecular formula is C14H25N3O2S. The van der Waals surface area contributed by atoms with Crippen molar-refractivity contribution >= 4 is 22.9 Å². The topological polar surface area (TPSA) is 62.7 Å². The molecule has 1 amide bonds. The number of nitrogens with zero attached hydrogens (tertiary/aromatic N) is 1. The van der Waals surface area contributed by atoms with Crippen LogP contribution in [0.2, 0.25) is 0 Å². The van der Waals surface area contributed by atoms with E-state index in [1.54, 1.807) is 0 Å². The largest absolute Gasteiger partial charge is 0.447 e. The first kappa shape index (κ1) is 15.6. The molecule has 0 aromatic carbocycles. The molecule has 1 aliphatic heterocycles. The standard InChI is InChI=1S/C14H25N3O2S/c1-9(2)19-14(18)16-11-6-4-10(5-7-11)13-17-12(15-3)8-20-13/h9-12,15H,4-8H2,1-3H3,(H,16,18). The quantitative estimate of drug-likeness (QED) is 0.836. The molecule has 6 heteroatoms. The molecule has 0 aromatic rings. The number of hydrogen-bond donors (Lipinski definition) is 2. The smallest absolute Gasteiger partial charge is 0.407 e. The maximum Gasteiger partial charge on any atom is 0.407 e. The van der Waals surface area contributed by atoms with Gasteiger partial charge in [0.15, 0.2) is 0 Å².